The maximum atomic E-state index is 6.09. The van der Waals surface area contributed by atoms with Crippen molar-refractivity contribution in [2.24, 2.45) is 5.41 Å². The van der Waals surface area contributed by atoms with Gasteiger partial charge in [-0.25, -0.2) is 9.97 Å². The Morgan fingerprint density at radius 3 is 3.08 bits per heavy atom. The Labute approximate surface area is 153 Å². The van der Waals surface area contributed by atoms with Gasteiger partial charge in [0.25, 0.3) is 0 Å². The van der Waals surface area contributed by atoms with E-state index in [1.54, 1.807) is 12.4 Å². The Hall–Kier alpha value is -1.50. The summed E-state index contributed by atoms with van der Waals surface area (Å²) in [4.78, 5) is 12.6. The summed E-state index contributed by atoms with van der Waals surface area (Å²) >= 11 is 1.88. The minimum absolute atomic E-state index is 0.269. The first-order valence-electron chi connectivity index (χ1n) is 9.13. The Kier molecular flexibility index (Phi) is 5.01. The van der Waals surface area contributed by atoms with Gasteiger partial charge in [0.05, 0.1) is 6.10 Å². The molecule has 2 saturated heterocycles. The van der Waals surface area contributed by atoms with Crippen molar-refractivity contribution in [2.45, 2.75) is 38.8 Å². The smallest absolute Gasteiger partial charge is 0.222 e. The number of nitrogens with zero attached hydrogens (tertiary/aromatic N) is 3. The lowest BCUT2D eigenvalue weighted by molar-refractivity contribution is -0.0226. The molecular weight excluding hydrogens is 332 g/mol. The number of hydrogen-bond donors (Lipinski definition) is 1. The van der Waals surface area contributed by atoms with Crippen molar-refractivity contribution in [1.82, 2.24) is 14.9 Å². The normalized spacial score (nSPS) is 26.5. The van der Waals surface area contributed by atoms with Crippen molar-refractivity contribution >= 4 is 17.3 Å². The fourth-order valence-electron chi connectivity index (χ4n) is 4.22. The molecule has 0 bridgehead atoms. The van der Waals surface area contributed by atoms with Crippen LogP contribution in [-0.4, -0.2) is 47.2 Å². The van der Waals surface area contributed by atoms with Crippen LogP contribution in [0.2, 0.25) is 0 Å². The predicted molar refractivity (Wildman–Crippen MR) is 101 cm³/mol. The summed E-state index contributed by atoms with van der Waals surface area (Å²) in [7, 11) is 0. The minimum atomic E-state index is 0.269. The SMILES string of the molecule is Cc1ccsc1CN1CC[C@@H]2OCC[C@]2(CCNc2ncccn2)C1. The van der Waals surface area contributed by atoms with Crippen LogP contribution in [0.4, 0.5) is 5.95 Å². The highest BCUT2D eigenvalue weighted by atomic mass is 32.1. The number of hydrogen-bond acceptors (Lipinski definition) is 6. The molecule has 6 heteroatoms. The Morgan fingerprint density at radius 2 is 2.28 bits per heavy atom. The monoisotopic (exact) mass is 358 g/mol. The highest BCUT2D eigenvalue weighted by Crippen LogP contribution is 2.44. The number of anilines is 1. The lowest BCUT2D eigenvalue weighted by atomic mass is 9.74. The van der Waals surface area contributed by atoms with E-state index in [0.717, 1.165) is 58.0 Å². The summed E-state index contributed by atoms with van der Waals surface area (Å²) in [6, 6.07) is 4.07. The molecule has 0 spiro atoms. The van der Waals surface area contributed by atoms with Gasteiger partial charge in [0, 0.05) is 55.5 Å². The van der Waals surface area contributed by atoms with Gasteiger partial charge in [-0.3, -0.25) is 4.90 Å². The standard InChI is InChI=1S/C19H26N4OS/c1-15-4-12-25-16(15)13-23-10-3-17-19(14-23,6-11-24-17)5-9-22-18-20-7-2-8-21-18/h2,4,7-8,12,17H,3,5-6,9-11,13-14H2,1H3,(H,20,21,22)/t17-,19+/m0/s1. The zero-order chi connectivity index (χ0) is 17.1. The summed E-state index contributed by atoms with van der Waals surface area (Å²) in [5, 5.41) is 5.58. The number of thiophene rings is 1. The van der Waals surface area contributed by atoms with Gasteiger partial charge in [-0.2, -0.15) is 0 Å². The largest absolute Gasteiger partial charge is 0.378 e. The number of nitrogens with one attached hydrogen (secondary N) is 1. The Bertz CT molecular complexity index is 692. The molecule has 4 heterocycles. The molecule has 134 valence electrons. The van der Waals surface area contributed by atoms with Crippen LogP contribution in [0.1, 0.15) is 29.7 Å². The van der Waals surface area contributed by atoms with E-state index in [4.69, 9.17) is 4.74 Å². The molecule has 0 unspecified atom stereocenters. The summed E-state index contributed by atoms with van der Waals surface area (Å²) in [5.74, 6) is 0.719. The molecule has 0 radical (unpaired) electrons. The molecule has 2 fully saturated rings. The third-order valence-corrected chi connectivity index (χ3v) is 6.66. The van der Waals surface area contributed by atoms with E-state index in [2.05, 4.69) is 38.6 Å². The molecule has 25 heavy (non-hydrogen) atoms. The van der Waals surface area contributed by atoms with Crippen molar-refractivity contribution in [3.8, 4) is 0 Å². The Morgan fingerprint density at radius 1 is 1.40 bits per heavy atom. The number of aromatic nitrogens is 2. The predicted octanol–water partition coefficient (Wildman–Crippen LogP) is 3.33. The highest BCUT2D eigenvalue weighted by Gasteiger charge is 2.47. The van der Waals surface area contributed by atoms with Crippen LogP contribution >= 0.6 is 11.3 Å². The number of ether oxygens (including phenoxy) is 1. The average Bonchev–Trinajstić information content (AvgIpc) is 3.22. The van der Waals surface area contributed by atoms with Crippen LogP contribution in [0.5, 0.6) is 0 Å². The Balaban J connectivity index is 1.39. The van der Waals surface area contributed by atoms with Gasteiger partial charge in [0.1, 0.15) is 0 Å². The van der Waals surface area contributed by atoms with Gasteiger partial charge in [-0.05, 0) is 49.3 Å². The summed E-state index contributed by atoms with van der Waals surface area (Å²) in [6.07, 6.45) is 7.38. The van der Waals surface area contributed by atoms with E-state index in [9.17, 15) is 0 Å². The van der Waals surface area contributed by atoms with Crippen LogP contribution in [0.3, 0.4) is 0 Å². The van der Waals surface area contributed by atoms with Crippen LogP contribution in [0.15, 0.2) is 29.9 Å². The number of fused-ring (bicyclic) bond motifs is 1. The zero-order valence-corrected chi connectivity index (χ0v) is 15.6. The van der Waals surface area contributed by atoms with Gasteiger partial charge < -0.3 is 10.1 Å². The molecule has 2 aromatic rings. The molecular formula is C19H26N4OS. The van der Waals surface area contributed by atoms with E-state index in [0.29, 0.717) is 6.10 Å². The average molecular weight is 359 g/mol. The van der Waals surface area contributed by atoms with E-state index >= 15 is 0 Å². The fourth-order valence-corrected chi connectivity index (χ4v) is 5.17. The van der Waals surface area contributed by atoms with Crippen molar-refractivity contribution in [3.05, 3.63) is 40.3 Å². The molecule has 0 saturated carbocycles. The van der Waals surface area contributed by atoms with Gasteiger partial charge in [-0.1, -0.05) is 0 Å². The van der Waals surface area contributed by atoms with Crippen molar-refractivity contribution in [3.63, 3.8) is 0 Å². The van der Waals surface area contributed by atoms with Gasteiger partial charge in [0.15, 0.2) is 0 Å². The number of piperidine rings is 1. The number of likely N-dealkylation sites (tertiary alicyclic amines) is 1. The molecule has 1 N–H and O–H groups in total. The first-order valence-corrected chi connectivity index (χ1v) is 10.0. The van der Waals surface area contributed by atoms with Crippen molar-refractivity contribution < 1.29 is 4.74 Å². The minimum Gasteiger partial charge on any atom is -0.378 e. The molecule has 2 atom stereocenters. The van der Waals surface area contributed by atoms with E-state index < -0.39 is 0 Å². The molecule has 0 aliphatic carbocycles. The third-order valence-electron chi connectivity index (χ3n) is 5.66. The van der Waals surface area contributed by atoms with Gasteiger partial charge in [-0.15, -0.1) is 11.3 Å². The topological polar surface area (TPSA) is 50.3 Å². The molecule has 4 rings (SSSR count). The second kappa shape index (κ2) is 7.40. The van der Waals surface area contributed by atoms with E-state index in [1.807, 2.05) is 17.4 Å². The molecule has 2 aliphatic heterocycles. The quantitative estimate of drug-likeness (QED) is 0.858. The molecule has 0 aromatic carbocycles. The van der Waals surface area contributed by atoms with Gasteiger partial charge in [0.2, 0.25) is 5.95 Å². The van der Waals surface area contributed by atoms with E-state index in [-0.39, 0.29) is 5.41 Å². The maximum Gasteiger partial charge on any atom is 0.222 e. The lowest BCUT2D eigenvalue weighted by Gasteiger charge is -2.44. The second-order valence-corrected chi connectivity index (χ2v) is 8.25. The molecule has 0 amide bonds. The summed E-state index contributed by atoms with van der Waals surface area (Å²) < 4.78 is 6.09. The van der Waals surface area contributed by atoms with Crippen LogP contribution < -0.4 is 5.32 Å². The van der Waals surface area contributed by atoms with Crippen LogP contribution in [0.25, 0.3) is 0 Å². The zero-order valence-electron chi connectivity index (χ0n) is 14.8. The first-order chi connectivity index (χ1) is 12.3. The van der Waals surface area contributed by atoms with Crippen LogP contribution in [-0.2, 0) is 11.3 Å². The molecule has 2 aliphatic rings. The first kappa shape index (κ1) is 16.9. The lowest BCUT2D eigenvalue weighted by Crippen LogP contribution is -2.49. The molecule has 2 aromatic heterocycles. The molecule has 5 nitrogen and oxygen atoms in total. The number of rotatable bonds is 6. The van der Waals surface area contributed by atoms with Crippen LogP contribution in [0, 0.1) is 12.3 Å². The summed E-state index contributed by atoms with van der Waals surface area (Å²) in [5.41, 5.74) is 1.69. The van der Waals surface area contributed by atoms with E-state index in [1.165, 1.54) is 10.4 Å². The second-order valence-electron chi connectivity index (χ2n) is 7.25. The number of aryl methyl sites for hydroxylation is 1. The van der Waals surface area contributed by atoms with Crippen molar-refractivity contribution in [1.29, 1.82) is 0 Å². The maximum absolute atomic E-state index is 6.09. The van der Waals surface area contributed by atoms with Crippen molar-refractivity contribution in [2.75, 3.05) is 31.6 Å². The third kappa shape index (κ3) is 3.71. The highest BCUT2D eigenvalue weighted by molar-refractivity contribution is 7.10. The van der Waals surface area contributed by atoms with Gasteiger partial charge >= 0.3 is 0 Å². The summed E-state index contributed by atoms with van der Waals surface area (Å²) in [6.45, 7) is 7.36. The fraction of sp³-hybridized carbons (Fsp3) is 0.579.